The normalized spacial score (nSPS) is 37.2. The zero-order valence-electron chi connectivity index (χ0n) is 36.8. The summed E-state index contributed by atoms with van der Waals surface area (Å²) in [6, 6.07) is 5.59. The number of nitrogens with two attached hydrogens (primary N) is 2. The Morgan fingerprint density at radius 2 is 1.74 bits per heavy atom. The number of ketones is 2. The molecule has 17 nitrogen and oxygen atoms in total. The number of benzene rings is 1. The number of fused-ring (bicyclic) bond motifs is 7. The first-order valence-corrected chi connectivity index (χ1v) is 23.8. The first-order valence-electron chi connectivity index (χ1n) is 22.7. The van der Waals surface area contributed by atoms with Crippen LogP contribution in [0, 0.1) is 39.9 Å². The second kappa shape index (κ2) is 18.0. The number of carboxylic acids is 1. The quantitative estimate of drug-likeness (QED) is 0.109. The predicted octanol–water partition coefficient (Wildman–Crippen LogP) is 1.13. The van der Waals surface area contributed by atoms with E-state index in [1.165, 1.54) is 0 Å². The number of carbonyl (C=O) groups is 7. The van der Waals surface area contributed by atoms with Crippen LogP contribution in [0.1, 0.15) is 89.1 Å². The zero-order chi connectivity index (χ0) is 46.6. The smallest absolute Gasteiger partial charge is 0.321 e. The highest BCUT2D eigenvalue weighted by molar-refractivity contribution is 8.00. The van der Waals surface area contributed by atoms with Crippen molar-refractivity contribution in [3.63, 3.8) is 0 Å². The van der Waals surface area contributed by atoms with E-state index in [9.17, 15) is 43.8 Å². The SMILES string of the molecule is C[C@]12C=CC(=O)C=C1CC[C@@H]1[C@@H]2[C@@H](O)C[C@@]2(C)[C@H]1C[C@H]1O[C@@H](c3ccc(CC4CC5(C4)CC(NC(=O)[C@H](CC(N)=O)NC(=O)CNC(=O)CSC[C@H](N)C(=O)O)C5)cc3)O[C@]12C(=O)CO. The number of hydrogen-bond acceptors (Lipinski definition) is 13. The van der Waals surface area contributed by atoms with Gasteiger partial charge in [0.25, 0.3) is 0 Å². The number of aliphatic hydroxyl groups excluding tert-OH is 2. The van der Waals surface area contributed by atoms with Gasteiger partial charge in [-0.3, -0.25) is 33.6 Å². The number of primary amides is 1. The van der Waals surface area contributed by atoms with Crippen LogP contribution in [0.4, 0.5) is 0 Å². The lowest BCUT2D eigenvalue weighted by molar-refractivity contribution is -0.201. The van der Waals surface area contributed by atoms with Crippen LogP contribution in [0.2, 0.25) is 0 Å². The Kier molecular flexibility index (Phi) is 13.0. The summed E-state index contributed by atoms with van der Waals surface area (Å²) >= 11 is 1.00. The maximum Gasteiger partial charge on any atom is 0.321 e. The summed E-state index contributed by atoms with van der Waals surface area (Å²) in [5, 5.41) is 38.9. The van der Waals surface area contributed by atoms with Gasteiger partial charge in [-0.2, -0.15) is 0 Å². The van der Waals surface area contributed by atoms with Crippen molar-refractivity contribution in [2.24, 2.45) is 51.4 Å². The third kappa shape index (κ3) is 8.70. The number of hydrogen-bond donors (Lipinski definition) is 8. The van der Waals surface area contributed by atoms with Gasteiger partial charge in [0.15, 0.2) is 23.5 Å². The van der Waals surface area contributed by atoms with Crippen molar-refractivity contribution >= 4 is 52.9 Å². The minimum atomic E-state index is -1.42. The summed E-state index contributed by atoms with van der Waals surface area (Å²) in [5.74, 6) is -3.84. The Balaban J connectivity index is 0.809. The van der Waals surface area contributed by atoms with Crippen molar-refractivity contribution in [3.05, 3.63) is 59.2 Å². The monoisotopic (exact) mass is 919 g/mol. The average Bonchev–Trinajstić information content (AvgIpc) is 3.73. The molecular weight excluding hydrogens is 859 g/mol. The zero-order valence-corrected chi connectivity index (χ0v) is 37.6. The molecule has 6 aliphatic carbocycles. The fourth-order valence-electron chi connectivity index (χ4n) is 13.2. The maximum absolute atomic E-state index is 13.9. The van der Waals surface area contributed by atoms with E-state index in [0.29, 0.717) is 18.8 Å². The molecule has 7 aliphatic rings. The highest BCUT2D eigenvalue weighted by Gasteiger charge is 2.76. The highest BCUT2D eigenvalue weighted by atomic mass is 32.2. The number of carbonyl (C=O) groups excluding carboxylic acids is 6. The third-order valence-electron chi connectivity index (χ3n) is 16.1. The summed E-state index contributed by atoms with van der Waals surface area (Å²) < 4.78 is 13.4. The number of amides is 4. The Morgan fingerprint density at radius 1 is 1.02 bits per heavy atom. The molecule has 352 valence electrons. The number of Topliss-reactive ketones (excluding diaryl/α,β-unsaturated/α-hetero) is 1. The number of ether oxygens (including phenoxy) is 2. The van der Waals surface area contributed by atoms with Crippen LogP contribution in [0.5, 0.6) is 0 Å². The van der Waals surface area contributed by atoms with Crippen LogP contribution in [-0.4, -0.2) is 117 Å². The first kappa shape index (κ1) is 47.0. The lowest BCUT2D eigenvalue weighted by atomic mass is 9.46. The Morgan fingerprint density at radius 3 is 2.42 bits per heavy atom. The molecule has 10 N–H and O–H groups in total. The lowest BCUT2D eigenvalue weighted by Crippen LogP contribution is -2.63. The molecule has 0 aromatic heterocycles. The molecule has 1 aromatic rings. The van der Waals surface area contributed by atoms with Crippen LogP contribution >= 0.6 is 11.8 Å². The van der Waals surface area contributed by atoms with Gasteiger partial charge >= 0.3 is 5.97 Å². The van der Waals surface area contributed by atoms with E-state index in [-0.39, 0.29) is 46.5 Å². The van der Waals surface area contributed by atoms with Crippen LogP contribution in [0.3, 0.4) is 0 Å². The van der Waals surface area contributed by atoms with E-state index >= 15 is 0 Å². The molecule has 11 atom stereocenters. The standard InChI is InChI=1S/C47H61N5O12S/c1-44-10-9-29(54)12-27(44)7-8-30-31-13-36-47(35(56)21-53,45(31,2)19-34(55)40(30)44)64-43(63-36)26-5-3-24(4-6-26)11-25-15-46(16-25)17-28(18-46)51-41(60)33(14-37(49)57)52-38(58)20-50-39(59)23-65-22-32(48)42(61)62/h3-6,9-10,12,25,28,30-34,36,40,43,53,55H,7-8,11,13-23,48H2,1-2H3,(H2,49,57)(H,50,59)(H,51,60)(H,52,58)(H,61,62)/t25?,28?,30-,31-,32-,33-,34-,36+,40+,43+,44-,45-,46?,47+/m0/s1. The Labute approximate surface area is 381 Å². The minimum absolute atomic E-state index is 0.00748. The van der Waals surface area contributed by atoms with Gasteiger partial charge in [0.2, 0.25) is 23.6 Å². The third-order valence-corrected chi connectivity index (χ3v) is 17.1. The molecule has 65 heavy (non-hydrogen) atoms. The summed E-state index contributed by atoms with van der Waals surface area (Å²) in [4.78, 5) is 86.5. The molecule has 1 saturated heterocycles. The number of rotatable bonds is 17. The van der Waals surface area contributed by atoms with Crippen molar-refractivity contribution in [2.45, 2.75) is 120 Å². The summed E-state index contributed by atoms with van der Waals surface area (Å²) in [6.07, 6.45) is 9.49. The molecule has 18 heteroatoms. The van der Waals surface area contributed by atoms with Crippen molar-refractivity contribution in [3.8, 4) is 0 Å². The number of aliphatic carboxylic acids is 1. The van der Waals surface area contributed by atoms with Crippen LogP contribution in [0.15, 0.2) is 48.1 Å². The van der Waals surface area contributed by atoms with Crippen LogP contribution in [0.25, 0.3) is 0 Å². The fourth-order valence-corrected chi connectivity index (χ4v) is 14.0. The number of allylic oxidation sites excluding steroid dienone is 4. The number of aliphatic hydroxyl groups is 2. The predicted molar refractivity (Wildman–Crippen MR) is 235 cm³/mol. The molecule has 0 bridgehead atoms. The van der Waals surface area contributed by atoms with E-state index in [1.807, 2.05) is 25.1 Å². The van der Waals surface area contributed by atoms with E-state index in [0.717, 1.165) is 73.4 Å². The second-order valence-electron chi connectivity index (χ2n) is 20.2. The highest BCUT2D eigenvalue weighted by Crippen LogP contribution is 2.70. The van der Waals surface area contributed by atoms with Gasteiger partial charge in [0.05, 0.1) is 30.9 Å². The molecule has 5 saturated carbocycles. The van der Waals surface area contributed by atoms with Gasteiger partial charge in [-0.05, 0) is 98.7 Å². The summed E-state index contributed by atoms with van der Waals surface area (Å²) in [6.45, 7) is 2.99. The van der Waals surface area contributed by atoms with Gasteiger partial charge in [0.1, 0.15) is 18.7 Å². The van der Waals surface area contributed by atoms with E-state index < -0.39 is 102 Å². The maximum atomic E-state index is 13.9. The molecule has 0 unspecified atom stereocenters. The molecule has 8 rings (SSSR count). The van der Waals surface area contributed by atoms with Crippen molar-refractivity contribution in [2.75, 3.05) is 24.7 Å². The molecule has 1 aromatic carbocycles. The lowest BCUT2D eigenvalue weighted by Gasteiger charge is -2.59. The van der Waals surface area contributed by atoms with Crippen molar-refractivity contribution < 1.29 is 58.4 Å². The summed E-state index contributed by atoms with van der Waals surface area (Å²) in [5.41, 5.74) is 11.2. The largest absolute Gasteiger partial charge is 0.480 e. The molecule has 1 spiro atoms. The average molecular weight is 920 g/mol. The van der Waals surface area contributed by atoms with Gasteiger partial charge in [0, 0.05) is 34.1 Å². The number of nitrogens with one attached hydrogen (secondary N) is 3. The Hall–Kier alpha value is -4.46. The molecule has 4 amide bonds. The number of carboxylic acid groups (broad SMARTS) is 1. The minimum Gasteiger partial charge on any atom is -0.480 e. The van der Waals surface area contributed by atoms with Crippen molar-refractivity contribution in [1.82, 2.24) is 16.0 Å². The van der Waals surface area contributed by atoms with E-state index in [1.54, 1.807) is 12.2 Å². The second-order valence-corrected chi connectivity index (χ2v) is 21.2. The topological polar surface area (TPSA) is 287 Å². The van der Waals surface area contributed by atoms with E-state index in [4.69, 9.17) is 26.0 Å². The van der Waals surface area contributed by atoms with Crippen LogP contribution < -0.4 is 27.4 Å². The summed E-state index contributed by atoms with van der Waals surface area (Å²) in [7, 11) is 0. The molecule has 1 heterocycles. The number of thioether (sulfide) groups is 1. The molecule has 0 radical (unpaired) electrons. The Bertz CT molecular complexity index is 2170. The van der Waals surface area contributed by atoms with Gasteiger partial charge in [-0.15, -0.1) is 11.8 Å². The molecular formula is C47H61N5O12S. The fraction of sp³-hybridized carbons (Fsp3) is 0.638. The van der Waals surface area contributed by atoms with Gasteiger partial charge in [-0.25, -0.2) is 0 Å². The van der Waals surface area contributed by atoms with Crippen molar-refractivity contribution in [1.29, 1.82) is 0 Å². The van der Waals surface area contributed by atoms with Gasteiger partial charge < -0.3 is 52.2 Å². The van der Waals surface area contributed by atoms with E-state index in [2.05, 4.69) is 35.0 Å². The first-order chi connectivity index (χ1) is 30.8. The van der Waals surface area contributed by atoms with Crippen LogP contribution in [-0.2, 0) is 49.5 Å². The molecule has 6 fully saturated rings. The van der Waals surface area contributed by atoms with Gasteiger partial charge in [-0.1, -0.05) is 49.8 Å². The molecule has 1 aliphatic heterocycles.